The second kappa shape index (κ2) is 9.79. The summed E-state index contributed by atoms with van der Waals surface area (Å²) < 4.78 is 19.6. The van der Waals surface area contributed by atoms with Crippen LogP contribution in [0.25, 0.3) is 32.9 Å². The SMILES string of the molecule is CCc1cc2c(-c3ccc[nH]c3=O)c(C(=O)NSC)n(Cc3cc4ccccc4nc3Cl)c2cc1F. The van der Waals surface area contributed by atoms with Crippen LogP contribution in [0.15, 0.2) is 65.6 Å². The first-order chi connectivity index (χ1) is 17.4. The summed E-state index contributed by atoms with van der Waals surface area (Å²) in [6, 6.07) is 16.0. The zero-order valence-corrected chi connectivity index (χ0v) is 21.1. The molecule has 6 nitrogen and oxygen atoms in total. The number of para-hydroxylation sites is 1. The quantitative estimate of drug-likeness (QED) is 0.214. The summed E-state index contributed by atoms with van der Waals surface area (Å²) in [5.74, 6) is -0.780. The number of aromatic nitrogens is 3. The van der Waals surface area contributed by atoms with E-state index in [1.807, 2.05) is 37.3 Å². The van der Waals surface area contributed by atoms with Crippen LogP contribution in [0, 0.1) is 5.82 Å². The van der Waals surface area contributed by atoms with E-state index in [1.54, 1.807) is 29.0 Å². The molecule has 5 aromatic rings. The van der Waals surface area contributed by atoms with Crippen molar-refractivity contribution in [3.8, 4) is 11.1 Å². The van der Waals surface area contributed by atoms with Gasteiger partial charge in [-0.2, -0.15) is 0 Å². The summed E-state index contributed by atoms with van der Waals surface area (Å²) in [5.41, 5.74) is 3.06. The highest BCUT2D eigenvalue weighted by molar-refractivity contribution is 7.97. The number of aryl methyl sites for hydroxylation is 1. The van der Waals surface area contributed by atoms with E-state index in [2.05, 4.69) is 14.7 Å². The molecule has 0 unspecified atom stereocenters. The third-order valence-electron chi connectivity index (χ3n) is 6.19. The Morgan fingerprint density at radius 3 is 2.72 bits per heavy atom. The van der Waals surface area contributed by atoms with Gasteiger partial charge in [0.15, 0.2) is 0 Å². The fourth-order valence-corrected chi connectivity index (χ4v) is 5.02. The van der Waals surface area contributed by atoms with Gasteiger partial charge in [-0.1, -0.05) is 48.7 Å². The predicted octanol–water partition coefficient (Wildman–Crippen LogP) is 5.96. The number of benzene rings is 2. The predicted molar refractivity (Wildman–Crippen MR) is 144 cm³/mol. The molecular formula is C27H22ClFN4O2S. The lowest BCUT2D eigenvalue weighted by Crippen LogP contribution is -2.22. The zero-order chi connectivity index (χ0) is 25.4. The molecule has 1 amide bonds. The molecule has 0 aliphatic heterocycles. The van der Waals surface area contributed by atoms with Gasteiger partial charge in [0, 0.05) is 39.9 Å². The van der Waals surface area contributed by atoms with Gasteiger partial charge >= 0.3 is 0 Å². The monoisotopic (exact) mass is 520 g/mol. The van der Waals surface area contributed by atoms with E-state index in [9.17, 15) is 9.59 Å². The van der Waals surface area contributed by atoms with Gasteiger partial charge in [-0.05, 0) is 48.4 Å². The first kappa shape index (κ1) is 24.1. The van der Waals surface area contributed by atoms with E-state index >= 15 is 4.39 Å². The number of hydrogen-bond donors (Lipinski definition) is 2. The molecule has 0 saturated heterocycles. The Kier molecular flexibility index (Phi) is 6.55. The minimum absolute atomic E-state index is 0.153. The van der Waals surface area contributed by atoms with Crippen LogP contribution in [0.3, 0.4) is 0 Å². The second-order valence-corrected chi connectivity index (χ2v) is 9.27. The van der Waals surface area contributed by atoms with Crippen molar-refractivity contribution in [3.63, 3.8) is 0 Å². The number of nitrogens with zero attached hydrogens (tertiary/aromatic N) is 2. The van der Waals surface area contributed by atoms with Crippen LogP contribution >= 0.6 is 23.5 Å². The molecule has 0 saturated carbocycles. The Morgan fingerprint density at radius 2 is 1.97 bits per heavy atom. The van der Waals surface area contributed by atoms with Gasteiger partial charge < -0.3 is 9.55 Å². The number of nitrogens with one attached hydrogen (secondary N) is 2. The first-order valence-corrected chi connectivity index (χ1v) is 12.9. The standard InChI is InChI=1S/C27H22ClFN4O2S/c1-3-15-12-19-22(13-20(15)29)33(14-17-11-16-7-4-5-9-21(16)31-25(17)28)24(27(35)32-36-2)23(19)18-8-6-10-30-26(18)34/h4-13H,3,14H2,1-2H3,(H,30,34)(H,32,35). The fourth-order valence-electron chi connectivity index (χ4n) is 4.53. The summed E-state index contributed by atoms with van der Waals surface area (Å²) in [7, 11) is 0. The minimum Gasteiger partial charge on any atom is -0.331 e. The van der Waals surface area contributed by atoms with Crippen LogP contribution in [-0.2, 0) is 13.0 Å². The van der Waals surface area contributed by atoms with Gasteiger partial charge in [-0.3, -0.25) is 14.3 Å². The van der Waals surface area contributed by atoms with Gasteiger partial charge in [0.25, 0.3) is 11.5 Å². The zero-order valence-electron chi connectivity index (χ0n) is 19.6. The second-order valence-electron chi connectivity index (χ2n) is 8.30. The van der Waals surface area contributed by atoms with E-state index in [4.69, 9.17) is 11.6 Å². The van der Waals surface area contributed by atoms with Crippen molar-refractivity contribution >= 4 is 51.3 Å². The lowest BCUT2D eigenvalue weighted by molar-refractivity contribution is 0.0977. The van der Waals surface area contributed by atoms with Crippen LogP contribution in [0.2, 0.25) is 5.15 Å². The van der Waals surface area contributed by atoms with Crippen LogP contribution in [-0.4, -0.2) is 26.7 Å². The lowest BCUT2D eigenvalue weighted by Gasteiger charge is -2.13. The average molecular weight is 521 g/mol. The van der Waals surface area contributed by atoms with Crippen LogP contribution in [0.5, 0.6) is 0 Å². The summed E-state index contributed by atoms with van der Waals surface area (Å²) in [5, 5.41) is 1.79. The molecule has 9 heteroatoms. The number of H-pyrrole nitrogens is 1. The van der Waals surface area contributed by atoms with Gasteiger partial charge in [0.2, 0.25) is 0 Å². The van der Waals surface area contributed by atoms with Gasteiger partial charge in [-0.15, -0.1) is 0 Å². The summed E-state index contributed by atoms with van der Waals surface area (Å²) in [6.07, 6.45) is 3.73. The molecule has 0 aliphatic rings. The molecule has 36 heavy (non-hydrogen) atoms. The van der Waals surface area contributed by atoms with Gasteiger partial charge in [-0.25, -0.2) is 9.37 Å². The Bertz CT molecular complexity index is 1700. The first-order valence-electron chi connectivity index (χ1n) is 11.3. The molecular weight excluding hydrogens is 499 g/mol. The highest BCUT2D eigenvalue weighted by atomic mass is 35.5. The van der Waals surface area contributed by atoms with E-state index in [-0.39, 0.29) is 28.8 Å². The highest BCUT2D eigenvalue weighted by Gasteiger charge is 2.27. The van der Waals surface area contributed by atoms with Gasteiger partial charge in [0.05, 0.1) is 17.6 Å². The van der Waals surface area contributed by atoms with E-state index in [0.717, 1.165) is 22.9 Å². The average Bonchev–Trinajstić information content (AvgIpc) is 3.17. The topological polar surface area (TPSA) is 79.8 Å². The highest BCUT2D eigenvalue weighted by Crippen LogP contribution is 2.37. The number of hydrogen-bond acceptors (Lipinski definition) is 4. The molecule has 0 spiro atoms. The smallest absolute Gasteiger partial charge is 0.278 e. The molecule has 5 rings (SSSR count). The van der Waals surface area contributed by atoms with Crippen molar-refractivity contribution in [1.82, 2.24) is 19.3 Å². The Morgan fingerprint density at radius 1 is 1.17 bits per heavy atom. The van der Waals surface area contributed by atoms with Crippen molar-refractivity contribution in [2.24, 2.45) is 0 Å². The van der Waals surface area contributed by atoms with Crippen LogP contribution in [0.1, 0.15) is 28.5 Å². The Balaban J connectivity index is 1.86. The number of pyridine rings is 2. The molecule has 182 valence electrons. The molecule has 0 bridgehead atoms. The third kappa shape index (κ3) is 4.16. The van der Waals surface area contributed by atoms with E-state index < -0.39 is 5.91 Å². The number of amides is 1. The largest absolute Gasteiger partial charge is 0.331 e. The number of halogens is 2. The summed E-state index contributed by atoms with van der Waals surface area (Å²) in [6.45, 7) is 2.01. The minimum atomic E-state index is -0.403. The van der Waals surface area contributed by atoms with Crippen LogP contribution in [0.4, 0.5) is 4.39 Å². The number of carbonyl (C=O) groups excluding carboxylic acids is 1. The third-order valence-corrected chi connectivity index (χ3v) is 6.91. The Hall–Kier alpha value is -3.62. The number of carbonyl (C=O) groups is 1. The normalized spacial score (nSPS) is 11.3. The van der Waals surface area contributed by atoms with Crippen molar-refractivity contribution in [3.05, 3.63) is 98.9 Å². The molecule has 0 aliphatic carbocycles. The Labute approximate surface area is 215 Å². The van der Waals surface area contributed by atoms with Crippen molar-refractivity contribution in [2.45, 2.75) is 19.9 Å². The summed E-state index contributed by atoms with van der Waals surface area (Å²) in [4.78, 5) is 33.5. The fraction of sp³-hybridized carbons (Fsp3) is 0.148. The van der Waals surface area contributed by atoms with Crippen molar-refractivity contribution in [1.29, 1.82) is 0 Å². The lowest BCUT2D eigenvalue weighted by atomic mass is 10.0. The van der Waals surface area contributed by atoms with E-state index in [0.29, 0.717) is 39.6 Å². The molecule has 3 heterocycles. The van der Waals surface area contributed by atoms with Crippen molar-refractivity contribution in [2.75, 3.05) is 6.26 Å². The molecule has 0 atom stereocenters. The maximum atomic E-state index is 15.1. The molecule has 0 radical (unpaired) electrons. The van der Waals surface area contributed by atoms with Gasteiger partial charge in [0.1, 0.15) is 16.7 Å². The number of fused-ring (bicyclic) bond motifs is 2. The number of rotatable bonds is 6. The van der Waals surface area contributed by atoms with Crippen molar-refractivity contribution < 1.29 is 9.18 Å². The molecule has 3 aromatic heterocycles. The molecule has 2 aromatic carbocycles. The maximum Gasteiger partial charge on any atom is 0.278 e. The molecule has 0 fully saturated rings. The summed E-state index contributed by atoms with van der Waals surface area (Å²) >= 11 is 7.71. The molecule has 2 N–H and O–H groups in total. The van der Waals surface area contributed by atoms with Crippen LogP contribution < -0.4 is 10.3 Å². The maximum absolute atomic E-state index is 15.1. The number of aromatic amines is 1. The van der Waals surface area contributed by atoms with E-state index in [1.165, 1.54) is 12.3 Å².